The topological polar surface area (TPSA) is 70.9 Å². The number of nitrogens with one attached hydrogen (secondary N) is 1. The Balaban J connectivity index is 2.36. The maximum Gasteiger partial charge on any atom is 0.247 e. The minimum absolute atomic E-state index is 0.189. The molecule has 0 saturated heterocycles. The second-order valence-corrected chi connectivity index (χ2v) is 3.29. The van der Waals surface area contributed by atoms with E-state index in [4.69, 9.17) is 0 Å². The second-order valence-electron chi connectivity index (χ2n) is 3.29. The third-order valence-corrected chi connectivity index (χ3v) is 2.23. The van der Waals surface area contributed by atoms with Crippen LogP contribution in [0.4, 0.5) is 0 Å². The molecule has 2 N–H and O–H groups in total. The van der Waals surface area contributed by atoms with Crippen molar-refractivity contribution in [3.63, 3.8) is 0 Å². The monoisotopic (exact) mass is 205 g/mol. The number of imidazole rings is 1. The lowest BCUT2D eigenvalue weighted by Gasteiger charge is -2.09. The molecule has 0 aliphatic carbocycles. The summed E-state index contributed by atoms with van der Waals surface area (Å²) in [7, 11) is 1.80. The van der Waals surface area contributed by atoms with Gasteiger partial charge in [-0.3, -0.25) is 4.79 Å². The van der Waals surface area contributed by atoms with Gasteiger partial charge in [0.15, 0.2) is 0 Å². The Morgan fingerprint density at radius 2 is 2.33 bits per heavy atom. The number of aliphatic hydroxyl groups is 1. The molecule has 2 heterocycles. The summed E-state index contributed by atoms with van der Waals surface area (Å²) >= 11 is 0. The van der Waals surface area contributed by atoms with Crippen LogP contribution in [0.15, 0.2) is 35.5 Å². The number of H-pyrrole nitrogens is 1. The summed E-state index contributed by atoms with van der Waals surface area (Å²) in [5.74, 6) is 0.544. The van der Waals surface area contributed by atoms with Crippen LogP contribution in [0.1, 0.15) is 17.5 Å². The fraction of sp³-hybridized carbons (Fsp3) is 0.200. The maximum absolute atomic E-state index is 10.8. The first-order valence-electron chi connectivity index (χ1n) is 4.52. The lowest BCUT2D eigenvalue weighted by atomic mass is 10.1. The van der Waals surface area contributed by atoms with Gasteiger partial charge in [0, 0.05) is 37.3 Å². The fourth-order valence-corrected chi connectivity index (χ4v) is 1.38. The fourth-order valence-electron chi connectivity index (χ4n) is 1.38. The van der Waals surface area contributed by atoms with E-state index >= 15 is 0 Å². The van der Waals surface area contributed by atoms with Crippen molar-refractivity contribution >= 4 is 0 Å². The van der Waals surface area contributed by atoms with Crippen LogP contribution >= 0.6 is 0 Å². The predicted octanol–water partition coefficient (Wildman–Crippen LogP) is 0.190. The number of aromatic amines is 1. The molecule has 2 aromatic heterocycles. The first kappa shape index (κ1) is 9.67. The Labute approximate surface area is 86.0 Å². The molecule has 0 saturated carbocycles. The summed E-state index contributed by atoms with van der Waals surface area (Å²) in [6.07, 6.45) is 4.04. The van der Waals surface area contributed by atoms with Crippen LogP contribution in [0.2, 0.25) is 0 Å². The van der Waals surface area contributed by atoms with Crippen LogP contribution < -0.4 is 5.56 Å². The quantitative estimate of drug-likeness (QED) is 0.735. The van der Waals surface area contributed by atoms with E-state index in [0.717, 1.165) is 0 Å². The Morgan fingerprint density at radius 1 is 1.53 bits per heavy atom. The van der Waals surface area contributed by atoms with Crippen molar-refractivity contribution in [3.8, 4) is 0 Å². The zero-order chi connectivity index (χ0) is 10.8. The number of aromatic nitrogens is 3. The van der Waals surface area contributed by atoms with Crippen molar-refractivity contribution in [2.24, 2.45) is 7.05 Å². The minimum atomic E-state index is -0.818. The molecule has 0 radical (unpaired) electrons. The van der Waals surface area contributed by atoms with Gasteiger partial charge in [0.1, 0.15) is 11.9 Å². The number of rotatable bonds is 2. The lowest BCUT2D eigenvalue weighted by Crippen LogP contribution is -2.10. The van der Waals surface area contributed by atoms with E-state index in [1.165, 1.54) is 12.3 Å². The zero-order valence-electron chi connectivity index (χ0n) is 8.21. The molecule has 0 spiro atoms. The molecule has 5 heteroatoms. The van der Waals surface area contributed by atoms with E-state index in [1.54, 1.807) is 30.1 Å². The standard InChI is InChI=1S/C10H11N3O2/c1-13-5-4-11-10(13)9(15)7-2-3-8(14)12-6-7/h2-6,9,15H,1H3,(H,12,14). The highest BCUT2D eigenvalue weighted by Gasteiger charge is 2.14. The number of pyridine rings is 1. The van der Waals surface area contributed by atoms with Crippen LogP contribution in [-0.4, -0.2) is 19.6 Å². The molecule has 1 atom stereocenters. The summed E-state index contributed by atoms with van der Waals surface area (Å²) in [4.78, 5) is 17.4. The van der Waals surface area contributed by atoms with Crippen LogP contribution in [0.5, 0.6) is 0 Å². The molecule has 0 amide bonds. The SMILES string of the molecule is Cn1ccnc1C(O)c1ccc(=O)[nH]c1. The van der Waals surface area contributed by atoms with Crippen molar-refractivity contribution in [1.29, 1.82) is 0 Å². The van der Waals surface area contributed by atoms with Crippen molar-refractivity contribution in [1.82, 2.24) is 14.5 Å². The van der Waals surface area contributed by atoms with E-state index in [-0.39, 0.29) is 5.56 Å². The van der Waals surface area contributed by atoms with Crippen LogP contribution in [0.25, 0.3) is 0 Å². The molecule has 0 aliphatic heterocycles. The van der Waals surface area contributed by atoms with Crippen molar-refractivity contribution in [3.05, 3.63) is 52.5 Å². The maximum atomic E-state index is 10.8. The molecule has 78 valence electrons. The molecule has 15 heavy (non-hydrogen) atoms. The van der Waals surface area contributed by atoms with Gasteiger partial charge in [0.25, 0.3) is 0 Å². The average Bonchev–Trinajstić information content (AvgIpc) is 2.65. The number of hydrogen-bond acceptors (Lipinski definition) is 3. The minimum Gasteiger partial charge on any atom is -0.380 e. The molecule has 0 fully saturated rings. The Morgan fingerprint density at radius 3 is 2.87 bits per heavy atom. The van der Waals surface area contributed by atoms with E-state index in [9.17, 15) is 9.90 Å². The summed E-state index contributed by atoms with van der Waals surface area (Å²) in [6, 6.07) is 2.96. The summed E-state index contributed by atoms with van der Waals surface area (Å²) in [6.45, 7) is 0. The van der Waals surface area contributed by atoms with E-state index in [0.29, 0.717) is 11.4 Å². The normalized spacial score (nSPS) is 12.7. The van der Waals surface area contributed by atoms with Gasteiger partial charge in [-0.15, -0.1) is 0 Å². The molecular formula is C10H11N3O2. The number of aliphatic hydroxyl groups excluding tert-OH is 1. The molecule has 1 unspecified atom stereocenters. The molecule has 5 nitrogen and oxygen atoms in total. The van der Waals surface area contributed by atoms with E-state index < -0.39 is 6.10 Å². The molecule has 2 rings (SSSR count). The highest BCUT2D eigenvalue weighted by Crippen LogP contribution is 2.17. The summed E-state index contributed by atoms with van der Waals surface area (Å²) < 4.78 is 1.73. The van der Waals surface area contributed by atoms with Crippen LogP contribution in [-0.2, 0) is 7.05 Å². The van der Waals surface area contributed by atoms with Crippen molar-refractivity contribution in [2.45, 2.75) is 6.10 Å². The molecule has 0 aromatic carbocycles. The Bertz CT molecular complexity index is 495. The largest absolute Gasteiger partial charge is 0.380 e. The predicted molar refractivity (Wildman–Crippen MR) is 54.3 cm³/mol. The third kappa shape index (κ3) is 1.82. The van der Waals surface area contributed by atoms with E-state index in [2.05, 4.69) is 9.97 Å². The number of aryl methyl sites for hydroxylation is 1. The first-order chi connectivity index (χ1) is 7.18. The van der Waals surface area contributed by atoms with Gasteiger partial charge in [-0.1, -0.05) is 0 Å². The number of nitrogens with zero attached hydrogens (tertiary/aromatic N) is 2. The highest BCUT2D eigenvalue weighted by atomic mass is 16.3. The molecule has 2 aromatic rings. The van der Waals surface area contributed by atoms with Gasteiger partial charge in [0.2, 0.25) is 5.56 Å². The van der Waals surface area contributed by atoms with Crippen molar-refractivity contribution in [2.75, 3.05) is 0 Å². The summed E-state index contributed by atoms with van der Waals surface area (Å²) in [5, 5.41) is 9.95. The summed E-state index contributed by atoms with van der Waals surface area (Å²) in [5.41, 5.74) is 0.426. The van der Waals surface area contributed by atoms with Gasteiger partial charge in [-0.05, 0) is 6.07 Å². The number of hydrogen-bond donors (Lipinski definition) is 2. The van der Waals surface area contributed by atoms with Gasteiger partial charge in [0.05, 0.1) is 0 Å². The smallest absolute Gasteiger partial charge is 0.247 e. The third-order valence-electron chi connectivity index (χ3n) is 2.23. The Kier molecular flexibility index (Phi) is 2.39. The molecule has 0 bridgehead atoms. The van der Waals surface area contributed by atoms with Crippen molar-refractivity contribution < 1.29 is 5.11 Å². The van der Waals surface area contributed by atoms with Gasteiger partial charge in [-0.2, -0.15) is 0 Å². The first-order valence-corrected chi connectivity index (χ1v) is 4.52. The van der Waals surface area contributed by atoms with Crippen LogP contribution in [0, 0.1) is 0 Å². The highest BCUT2D eigenvalue weighted by molar-refractivity contribution is 5.19. The van der Waals surface area contributed by atoms with Gasteiger partial charge in [-0.25, -0.2) is 4.98 Å². The van der Waals surface area contributed by atoms with Crippen LogP contribution in [0.3, 0.4) is 0 Å². The zero-order valence-corrected chi connectivity index (χ0v) is 8.21. The average molecular weight is 205 g/mol. The second kappa shape index (κ2) is 3.70. The van der Waals surface area contributed by atoms with E-state index in [1.807, 2.05) is 0 Å². The molecule has 0 aliphatic rings. The molecular weight excluding hydrogens is 194 g/mol. The Hall–Kier alpha value is -1.88. The van der Waals surface area contributed by atoms with Gasteiger partial charge < -0.3 is 14.7 Å². The lowest BCUT2D eigenvalue weighted by molar-refractivity contribution is 0.206. The van der Waals surface area contributed by atoms with Gasteiger partial charge >= 0.3 is 0 Å².